The molecule has 5 aromatic rings. The second kappa shape index (κ2) is 8.31. The molecule has 0 saturated carbocycles. The first-order chi connectivity index (χ1) is 16.3. The fraction of sp³-hybridized carbons (Fsp3) is 0.0769. The standard InChI is InChI=1S/C26H19F3N4O/c27-26(28,29)24-14-23(33(32-24)20-10-8-19(9-11-20)31-25(34)15-30)18-7-12-22-17(13-18)6-5-16-3-1-2-4-21(16)22/h1-14H,15,30H2,(H,31,34)/p+1. The maximum atomic E-state index is 13.6. The van der Waals surface area contributed by atoms with Crippen LogP contribution in [0.15, 0.2) is 84.9 Å². The van der Waals surface area contributed by atoms with E-state index in [2.05, 4.69) is 16.1 Å². The van der Waals surface area contributed by atoms with Gasteiger partial charge in [-0.25, -0.2) is 4.68 Å². The van der Waals surface area contributed by atoms with Crippen molar-refractivity contribution in [3.8, 4) is 16.9 Å². The first-order valence-corrected chi connectivity index (χ1v) is 10.6. The topological polar surface area (TPSA) is 74.6 Å². The van der Waals surface area contributed by atoms with Gasteiger partial charge in [-0.2, -0.15) is 18.3 Å². The molecule has 0 aliphatic heterocycles. The Morgan fingerprint density at radius 1 is 0.882 bits per heavy atom. The number of nitrogens with zero attached hydrogens (tertiary/aromatic N) is 2. The van der Waals surface area contributed by atoms with E-state index in [4.69, 9.17) is 0 Å². The number of fused-ring (bicyclic) bond motifs is 3. The smallest absolute Gasteiger partial charge is 0.350 e. The highest BCUT2D eigenvalue weighted by Crippen LogP contribution is 2.35. The molecule has 0 radical (unpaired) electrons. The molecule has 0 aliphatic rings. The van der Waals surface area contributed by atoms with Crippen LogP contribution in [0.5, 0.6) is 0 Å². The quantitative estimate of drug-likeness (QED) is 0.368. The van der Waals surface area contributed by atoms with Gasteiger partial charge >= 0.3 is 6.18 Å². The van der Waals surface area contributed by atoms with Crippen LogP contribution in [0.25, 0.3) is 38.5 Å². The third-order valence-electron chi connectivity index (χ3n) is 5.66. The van der Waals surface area contributed by atoms with Crippen molar-refractivity contribution >= 4 is 33.1 Å². The summed E-state index contributed by atoms with van der Waals surface area (Å²) in [5.74, 6) is -0.254. The molecule has 0 spiro atoms. The number of carbonyl (C=O) groups is 1. The lowest BCUT2D eigenvalue weighted by molar-refractivity contribution is -0.353. The van der Waals surface area contributed by atoms with Crippen molar-refractivity contribution in [3.05, 3.63) is 90.6 Å². The van der Waals surface area contributed by atoms with E-state index in [1.165, 1.54) is 4.68 Å². The lowest BCUT2D eigenvalue weighted by Gasteiger charge is -2.11. The van der Waals surface area contributed by atoms with Crippen LogP contribution >= 0.6 is 0 Å². The van der Waals surface area contributed by atoms with Crippen LogP contribution in [-0.4, -0.2) is 22.2 Å². The Morgan fingerprint density at radius 2 is 1.59 bits per heavy atom. The highest BCUT2D eigenvalue weighted by atomic mass is 19.4. The number of aromatic nitrogens is 2. The second-order valence-electron chi connectivity index (χ2n) is 7.89. The largest absolute Gasteiger partial charge is 0.435 e. The number of hydrogen-bond donors (Lipinski definition) is 2. The summed E-state index contributed by atoms with van der Waals surface area (Å²) in [5.41, 5.74) is 4.44. The number of rotatable bonds is 4. The van der Waals surface area contributed by atoms with E-state index in [0.717, 1.165) is 27.6 Å². The van der Waals surface area contributed by atoms with Gasteiger partial charge in [-0.05, 0) is 57.9 Å². The molecule has 0 atom stereocenters. The van der Waals surface area contributed by atoms with Crippen LogP contribution in [0.1, 0.15) is 5.69 Å². The summed E-state index contributed by atoms with van der Waals surface area (Å²) >= 11 is 0. The van der Waals surface area contributed by atoms with Gasteiger partial charge in [-0.15, -0.1) is 0 Å². The van der Waals surface area contributed by atoms with Gasteiger partial charge in [0.25, 0.3) is 5.91 Å². The van der Waals surface area contributed by atoms with Crippen LogP contribution in [0.4, 0.5) is 18.9 Å². The third kappa shape index (κ3) is 3.99. The summed E-state index contributed by atoms with van der Waals surface area (Å²) < 4.78 is 41.9. The molecule has 0 unspecified atom stereocenters. The predicted octanol–water partition coefficient (Wildman–Crippen LogP) is 5.04. The molecule has 0 bridgehead atoms. The van der Waals surface area contributed by atoms with E-state index in [-0.39, 0.29) is 12.5 Å². The summed E-state index contributed by atoms with van der Waals surface area (Å²) in [6, 6.07) is 25.1. The van der Waals surface area contributed by atoms with Crippen LogP contribution in [-0.2, 0) is 11.0 Å². The number of halogens is 3. The van der Waals surface area contributed by atoms with Crippen LogP contribution in [0.2, 0.25) is 0 Å². The van der Waals surface area contributed by atoms with E-state index in [1.54, 1.807) is 24.3 Å². The Hall–Kier alpha value is -4.17. The number of carbonyl (C=O) groups excluding carboxylic acids is 1. The third-order valence-corrected chi connectivity index (χ3v) is 5.66. The van der Waals surface area contributed by atoms with Crippen LogP contribution in [0, 0.1) is 0 Å². The number of amides is 1. The zero-order chi connectivity index (χ0) is 23.9. The molecule has 4 aromatic carbocycles. The zero-order valence-electron chi connectivity index (χ0n) is 17.9. The van der Waals surface area contributed by atoms with E-state index < -0.39 is 11.9 Å². The van der Waals surface area contributed by atoms with Gasteiger partial charge in [0, 0.05) is 11.3 Å². The molecule has 8 heteroatoms. The van der Waals surface area contributed by atoms with Gasteiger partial charge < -0.3 is 11.1 Å². The molecule has 0 aliphatic carbocycles. The molecule has 4 N–H and O–H groups in total. The van der Waals surface area contributed by atoms with Crippen molar-refractivity contribution in [1.29, 1.82) is 0 Å². The minimum absolute atomic E-state index is 0.0806. The Morgan fingerprint density at radius 3 is 2.32 bits per heavy atom. The number of quaternary nitrogens is 1. The normalized spacial score (nSPS) is 11.8. The molecule has 0 saturated heterocycles. The molecule has 5 rings (SSSR count). The van der Waals surface area contributed by atoms with E-state index >= 15 is 0 Å². The average Bonchev–Trinajstić information content (AvgIpc) is 3.30. The molecule has 5 nitrogen and oxygen atoms in total. The molecular formula is C26H20F3N4O+. The van der Waals surface area contributed by atoms with Crippen molar-refractivity contribution in [2.45, 2.75) is 6.18 Å². The molecular weight excluding hydrogens is 441 g/mol. The first-order valence-electron chi connectivity index (χ1n) is 10.6. The molecule has 1 aromatic heterocycles. The van der Waals surface area contributed by atoms with Gasteiger partial charge in [-0.3, -0.25) is 4.79 Å². The van der Waals surface area contributed by atoms with Crippen molar-refractivity contribution in [1.82, 2.24) is 9.78 Å². The van der Waals surface area contributed by atoms with E-state index in [0.29, 0.717) is 22.6 Å². The lowest BCUT2D eigenvalue weighted by atomic mass is 9.99. The van der Waals surface area contributed by atoms with Gasteiger partial charge in [0.2, 0.25) is 0 Å². The number of nitrogens with one attached hydrogen (secondary N) is 1. The van der Waals surface area contributed by atoms with Crippen LogP contribution < -0.4 is 11.1 Å². The zero-order valence-corrected chi connectivity index (χ0v) is 17.9. The maximum Gasteiger partial charge on any atom is 0.435 e. The number of alkyl halides is 3. The highest BCUT2D eigenvalue weighted by molar-refractivity contribution is 6.08. The predicted molar refractivity (Wildman–Crippen MR) is 125 cm³/mol. The number of hydrogen-bond acceptors (Lipinski definition) is 2. The van der Waals surface area contributed by atoms with Crippen molar-refractivity contribution in [3.63, 3.8) is 0 Å². The molecule has 1 heterocycles. The summed E-state index contributed by atoms with van der Waals surface area (Å²) in [4.78, 5) is 11.6. The van der Waals surface area contributed by atoms with Gasteiger partial charge in [-0.1, -0.05) is 48.5 Å². The Labute approximate surface area is 192 Å². The van der Waals surface area contributed by atoms with Gasteiger partial charge in [0.05, 0.1) is 11.4 Å². The minimum Gasteiger partial charge on any atom is -0.350 e. The Bertz CT molecular complexity index is 1520. The summed E-state index contributed by atoms with van der Waals surface area (Å²) in [6.07, 6.45) is -4.59. The first kappa shape index (κ1) is 21.7. The summed E-state index contributed by atoms with van der Waals surface area (Å²) in [6.45, 7) is 0.0806. The molecule has 170 valence electrons. The maximum absolute atomic E-state index is 13.6. The number of benzene rings is 4. The monoisotopic (exact) mass is 461 g/mol. The van der Waals surface area contributed by atoms with Gasteiger partial charge in [0.15, 0.2) is 12.2 Å². The lowest BCUT2D eigenvalue weighted by Crippen LogP contribution is -2.55. The SMILES string of the molecule is [NH3+]CC(=O)Nc1ccc(-n2nc(C(F)(F)F)cc2-c2ccc3c(ccc4ccccc43)c2)cc1. The van der Waals surface area contributed by atoms with E-state index in [9.17, 15) is 18.0 Å². The summed E-state index contributed by atoms with van der Waals surface area (Å²) in [7, 11) is 0. The van der Waals surface area contributed by atoms with Crippen LogP contribution in [0.3, 0.4) is 0 Å². The van der Waals surface area contributed by atoms with E-state index in [1.807, 2.05) is 54.6 Å². The molecule has 0 fully saturated rings. The second-order valence-corrected chi connectivity index (χ2v) is 7.89. The van der Waals surface area contributed by atoms with Crippen molar-refractivity contribution in [2.75, 3.05) is 11.9 Å². The Kier molecular flexibility index (Phi) is 5.30. The highest BCUT2D eigenvalue weighted by Gasteiger charge is 2.35. The average molecular weight is 461 g/mol. The molecule has 1 amide bonds. The fourth-order valence-corrected chi connectivity index (χ4v) is 4.00. The summed E-state index contributed by atoms with van der Waals surface area (Å²) in [5, 5.41) is 10.6. The van der Waals surface area contributed by atoms with Crippen molar-refractivity contribution < 1.29 is 23.7 Å². The Balaban J connectivity index is 1.62. The fourth-order valence-electron chi connectivity index (χ4n) is 4.00. The van der Waals surface area contributed by atoms with Crippen molar-refractivity contribution in [2.24, 2.45) is 0 Å². The minimum atomic E-state index is -4.59. The molecule has 34 heavy (non-hydrogen) atoms. The van der Waals surface area contributed by atoms with Gasteiger partial charge in [0.1, 0.15) is 0 Å². The number of anilines is 1.